The summed E-state index contributed by atoms with van der Waals surface area (Å²) in [5, 5.41) is 20.5. The van der Waals surface area contributed by atoms with Crippen LogP contribution in [0.15, 0.2) is 95.0 Å². The summed E-state index contributed by atoms with van der Waals surface area (Å²) in [7, 11) is 1.67. The number of benzene rings is 2. The SMILES string of the molecule is CCCCCNC(=S)Nc1ccc2nc(-c3cccs3)c(-c3ccc(-c4csc(-c5nc6ccc(NC(=S)NCCOC)cc6nc5-c5cccs5)c4)s3)nc2c1. The summed E-state index contributed by atoms with van der Waals surface area (Å²) in [6, 6.07) is 26.8. The fraction of sp³-hybridized carbons (Fsp3) is 0.190. The highest BCUT2D eigenvalue weighted by atomic mass is 32.1. The van der Waals surface area contributed by atoms with Crippen LogP contribution < -0.4 is 21.3 Å². The summed E-state index contributed by atoms with van der Waals surface area (Å²) in [6.45, 7) is 4.24. The van der Waals surface area contributed by atoms with Gasteiger partial charge in [0.15, 0.2) is 10.2 Å². The van der Waals surface area contributed by atoms with Crippen molar-refractivity contribution < 1.29 is 4.74 Å². The molecule has 0 bridgehead atoms. The molecule has 0 saturated carbocycles. The molecule has 0 aliphatic heterocycles. The van der Waals surface area contributed by atoms with Crippen LogP contribution in [0.4, 0.5) is 11.4 Å². The molecule has 57 heavy (non-hydrogen) atoms. The van der Waals surface area contributed by atoms with Crippen LogP contribution in [0.2, 0.25) is 0 Å². The molecular formula is C42H38N8OS6. The minimum Gasteiger partial charge on any atom is -0.383 e. The van der Waals surface area contributed by atoms with E-state index in [1.165, 1.54) is 12.8 Å². The first-order valence-electron chi connectivity index (χ1n) is 18.4. The summed E-state index contributed by atoms with van der Waals surface area (Å²) < 4.78 is 5.12. The fourth-order valence-corrected chi connectivity index (χ4v) is 10.0. The molecule has 0 aliphatic rings. The van der Waals surface area contributed by atoms with Crippen molar-refractivity contribution in [1.29, 1.82) is 0 Å². The number of hydrogen-bond donors (Lipinski definition) is 4. The van der Waals surface area contributed by atoms with Gasteiger partial charge in [-0.2, -0.15) is 0 Å². The lowest BCUT2D eigenvalue weighted by Gasteiger charge is -2.12. The lowest BCUT2D eigenvalue weighted by Crippen LogP contribution is -2.31. The van der Waals surface area contributed by atoms with Gasteiger partial charge in [-0.05, 0) is 108 Å². The monoisotopic (exact) mass is 862 g/mol. The topological polar surface area (TPSA) is 109 Å². The maximum Gasteiger partial charge on any atom is 0.170 e. The minimum absolute atomic E-state index is 0.529. The molecule has 15 heteroatoms. The molecule has 6 heterocycles. The van der Waals surface area contributed by atoms with Gasteiger partial charge in [-0.1, -0.05) is 31.9 Å². The fourth-order valence-electron chi connectivity index (χ4n) is 6.18. The lowest BCUT2D eigenvalue weighted by atomic mass is 10.1. The van der Waals surface area contributed by atoms with Crippen molar-refractivity contribution in [3.8, 4) is 52.7 Å². The number of unbranched alkanes of at least 4 members (excludes halogenated alkanes) is 2. The third kappa shape index (κ3) is 9.20. The predicted molar refractivity (Wildman–Crippen MR) is 251 cm³/mol. The Morgan fingerprint density at radius 2 is 1.16 bits per heavy atom. The number of ether oxygens (including phenoxy) is 1. The second-order valence-electron chi connectivity index (χ2n) is 13.0. The quantitative estimate of drug-likeness (QED) is 0.0620. The van der Waals surface area contributed by atoms with E-state index in [9.17, 15) is 0 Å². The van der Waals surface area contributed by atoms with Crippen molar-refractivity contribution in [2.75, 3.05) is 37.4 Å². The molecule has 9 nitrogen and oxygen atoms in total. The maximum atomic E-state index is 5.57. The number of methoxy groups -OCH3 is 1. The van der Waals surface area contributed by atoms with E-state index >= 15 is 0 Å². The molecule has 8 rings (SSSR count). The Labute approximate surface area is 357 Å². The third-order valence-corrected chi connectivity index (χ3v) is 13.3. The summed E-state index contributed by atoms with van der Waals surface area (Å²) in [5.41, 5.74) is 9.51. The normalized spacial score (nSPS) is 11.3. The summed E-state index contributed by atoms with van der Waals surface area (Å²) >= 11 is 17.7. The van der Waals surface area contributed by atoms with Crippen molar-refractivity contribution in [1.82, 2.24) is 30.6 Å². The lowest BCUT2D eigenvalue weighted by molar-refractivity contribution is 0.204. The summed E-state index contributed by atoms with van der Waals surface area (Å²) in [4.78, 5) is 26.1. The maximum absolute atomic E-state index is 5.57. The van der Waals surface area contributed by atoms with Gasteiger partial charge in [0.05, 0.1) is 48.2 Å². The summed E-state index contributed by atoms with van der Waals surface area (Å²) in [5.74, 6) is 0. The van der Waals surface area contributed by atoms with Gasteiger partial charge >= 0.3 is 0 Å². The van der Waals surface area contributed by atoms with E-state index in [1.807, 2.05) is 42.5 Å². The Hall–Kier alpha value is -4.74. The molecule has 0 atom stereocenters. The van der Waals surface area contributed by atoms with Crippen LogP contribution in [0.3, 0.4) is 0 Å². The number of anilines is 2. The highest BCUT2D eigenvalue weighted by Crippen LogP contribution is 2.43. The molecule has 0 unspecified atom stereocenters. The zero-order valence-corrected chi connectivity index (χ0v) is 36.0. The van der Waals surface area contributed by atoms with Crippen LogP contribution in [0, 0.1) is 0 Å². The number of hydrogen-bond acceptors (Lipinski definition) is 11. The van der Waals surface area contributed by atoms with Gasteiger partial charge in [0.2, 0.25) is 0 Å². The van der Waals surface area contributed by atoms with E-state index in [0.29, 0.717) is 23.4 Å². The highest BCUT2D eigenvalue weighted by Gasteiger charge is 2.20. The van der Waals surface area contributed by atoms with Crippen molar-refractivity contribution >= 4 is 113 Å². The van der Waals surface area contributed by atoms with Crippen molar-refractivity contribution in [2.45, 2.75) is 26.2 Å². The van der Waals surface area contributed by atoms with Crippen LogP contribution >= 0.6 is 69.8 Å². The number of thiocarbonyl (C=S) groups is 2. The Morgan fingerprint density at radius 1 is 0.596 bits per heavy atom. The first-order chi connectivity index (χ1) is 27.9. The number of fused-ring (bicyclic) bond motifs is 2. The first-order valence-corrected chi connectivity index (χ1v) is 22.7. The summed E-state index contributed by atoms with van der Waals surface area (Å²) in [6.07, 6.45) is 3.43. The van der Waals surface area contributed by atoms with Crippen LogP contribution in [0.5, 0.6) is 0 Å². The molecule has 6 aromatic heterocycles. The largest absolute Gasteiger partial charge is 0.383 e. The second-order valence-corrected chi connectivity index (χ2v) is 17.7. The van der Waals surface area contributed by atoms with Crippen molar-refractivity contribution in [3.63, 3.8) is 0 Å². The van der Waals surface area contributed by atoms with E-state index in [0.717, 1.165) is 99.1 Å². The van der Waals surface area contributed by atoms with Crippen LogP contribution in [0.1, 0.15) is 26.2 Å². The molecule has 2 aromatic carbocycles. The van der Waals surface area contributed by atoms with Crippen LogP contribution in [-0.4, -0.2) is 57.0 Å². The Balaban J connectivity index is 1.09. The van der Waals surface area contributed by atoms with E-state index in [1.54, 1.807) is 52.5 Å². The zero-order valence-electron chi connectivity index (χ0n) is 31.1. The molecule has 0 spiro atoms. The Morgan fingerprint density at radius 3 is 1.74 bits per heavy atom. The molecule has 0 fully saturated rings. The van der Waals surface area contributed by atoms with Gasteiger partial charge in [0.25, 0.3) is 0 Å². The minimum atomic E-state index is 0.529. The standard InChI is InChI=1S/C42H38N8OS6/c1-3-4-5-16-43-41(52)45-26-10-12-28-31(23-26)50-39(37(47-28)33-8-6-19-54-33)35-15-14-32(57-35)25-21-36(56-24-25)40-38(34-9-7-20-55-34)49-30-22-27(11-13-29(30)48-40)46-42(53)44-17-18-51-2/h6-15,19-24H,3-5,16-18H2,1-2H3,(H2,43,45,52)(H2,44,46,53). The average Bonchev–Trinajstić information content (AvgIpc) is 4.07. The molecule has 4 N–H and O–H groups in total. The van der Waals surface area contributed by atoms with Gasteiger partial charge in [-0.3, -0.25) is 0 Å². The second kappa shape index (κ2) is 18.2. The van der Waals surface area contributed by atoms with E-state index in [-0.39, 0.29) is 0 Å². The van der Waals surface area contributed by atoms with Crippen LogP contribution in [0.25, 0.3) is 74.8 Å². The Bertz CT molecular complexity index is 2650. The average molecular weight is 863 g/mol. The number of nitrogens with zero attached hydrogens (tertiary/aromatic N) is 4. The predicted octanol–water partition coefficient (Wildman–Crippen LogP) is 11.6. The highest BCUT2D eigenvalue weighted by molar-refractivity contribution is 7.80. The number of rotatable bonds is 14. The first kappa shape index (κ1) is 39.1. The van der Waals surface area contributed by atoms with Gasteiger partial charge < -0.3 is 26.0 Å². The van der Waals surface area contributed by atoms with Gasteiger partial charge in [0.1, 0.15) is 22.8 Å². The van der Waals surface area contributed by atoms with Gasteiger partial charge in [-0.15, -0.1) is 45.3 Å². The third-order valence-electron chi connectivity index (χ3n) is 8.97. The Kier molecular flexibility index (Phi) is 12.5. The van der Waals surface area contributed by atoms with E-state index < -0.39 is 0 Å². The number of nitrogens with one attached hydrogen (secondary N) is 4. The molecule has 0 amide bonds. The van der Waals surface area contributed by atoms with E-state index in [4.69, 9.17) is 49.1 Å². The van der Waals surface area contributed by atoms with Crippen molar-refractivity contribution in [3.05, 3.63) is 95.0 Å². The van der Waals surface area contributed by atoms with Gasteiger partial charge in [0, 0.05) is 47.4 Å². The molecule has 8 aromatic rings. The number of aromatic nitrogens is 4. The molecule has 0 radical (unpaired) electrons. The van der Waals surface area contributed by atoms with Crippen LogP contribution in [-0.2, 0) is 4.74 Å². The smallest absolute Gasteiger partial charge is 0.170 e. The number of thiophene rings is 4. The van der Waals surface area contributed by atoms with E-state index in [2.05, 4.69) is 80.7 Å². The molecule has 0 saturated heterocycles. The molecule has 0 aliphatic carbocycles. The molecule has 288 valence electrons. The van der Waals surface area contributed by atoms with Gasteiger partial charge in [-0.25, -0.2) is 19.9 Å². The molecular weight excluding hydrogens is 825 g/mol. The van der Waals surface area contributed by atoms with Crippen molar-refractivity contribution in [2.24, 2.45) is 0 Å². The zero-order chi connectivity index (χ0) is 39.1.